The van der Waals surface area contributed by atoms with Crippen molar-refractivity contribution < 1.29 is 9.13 Å². The van der Waals surface area contributed by atoms with Gasteiger partial charge in [0.2, 0.25) is 0 Å². The lowest BCUT2D eigenvalue weighted by molar-refractivity contribution is -0.0836. The number of ether oxygens (including phenoxy) is 1. The number of nitrogens with one attached hydrogen (secondary N) is 1. The van der Waals surface area contributed by atoms with Crippen LogP contribution < -0.4 is 5.32 Å². The van der Waals surface area contributed by atoms with Gasteiger partial charge in [0.25, 0.3) is 0 Å². The Morgan fingerprint density at radius 1 is 1.59 bits per heavy atom. The Bertz CT molecular complexity index is 374. The van der Waals surface area contributed by atoms with Crippen molar-refractivity contribution in [3.8, 4) is 0 Å². The molecule has 1 saturated carbocycles. The molecule has 0 radical (unpaired) electrons. The number of hydrogen-bond donors (Lipinski definition) is 1. The molecule has 1 aromatic heterocycles. The van der Waals surface area contributed by atoms with Crippen molar-refractivity contribution in [3.05, 3.63) is 29.8 Å². The fraction of sp³-hybridized carbons (Fsp3) is 0.615. The number of aromatic nitrogens is 1. The van der Waals surface area contributed by atoms with Gasteiger partial charge in [-0.05, 0) is 38.8 Å². The van der Waals surface area contributed by atoms with E-state index in [0.29, 0.717) is 5.56 Å². The van der Waals surface area contributed by atoms with Crippen molar-refractivity contribution in [1.29, 1.82) is 0 Å². The highest BCUT2D eigenvalue weighted by atomic mass is 19.1. The fourth-order valence-electron chi connectivity index (χ4n) is 2.47. The molecule has 0 aromatic carbocycles. The maximum Gasteiger partial charge on any atom is 0.146 e. The van der Waals surface area contributed by atoms with E-state index in [9.17, 15) is 4.39 Å². The van der Waals surface area contributed by atoms with Crippen LogP contribution in [-0.2, 0) is 4.74 Å². The van der Waals surface area contributed by atoms with E-state index in [-0.39, 0.29) is 17.5 Å². The summed E-state index contributed by atoms with van der Waals surface area (Å²) < 4.78 is 19.3. The van der Waals surface area contributed by atoms with Gasteiger partial charge < -0.3 is 10.1 Å². The Labute approximate surface area is 101 Å². The van der Waals surface area contributed by atoms with Crippen LogP contribution in [0.5, 0.6) is 0 Å². The molecule has 1 aliphatic carbocycles. The zero-order chi connectivity index (χ0) is 12.3. The normalized spacial score (nSPS) is 19.7. The Kier molecular flexibility index (Phi) is 3.74. The summed E-state index contributed by atoms with van der Waals surface area (Å²) in [5.74, 6) is -0.252. The molecule has 0 spiro atoms. The van der Waals surface area contributed by atoms with Gasteiger partial charge in [0, 0.05) is 24.9 Å². The smallest absolute Gasteiger partial charge is 0.146 e. The molecule has 0 saturated heterocycles. The first-order valence-electron chi connectivity index (χ1n) is 6.02. The van der Waals surface area contributed by atoms with Crippen LogP contribution in [-0.4, -0.2) is 24.7 Å². The summed E-state index contributed by atoms with van der Waals surface area (Å²) in [6.45, 7) is 0. The summed E-state index contributed by atoms with van der Waals surface area (Å²) in [4.78, 5) is 3.78. The average Bonchev–Trinajstić information content (AvgIpc) is 2.30. The number of pyridine rings is 1. The van der Waals surface area contributed by atoms with E-state index in [1.807, 2.05) is 7.05 Å². The van der Waals surface area contributed by atoms with Gasteiger partial charge in [0.1, 0.15) is 5.82 Å². The van der Waals surface area contributed by atoms with E-state index in [1.165, 1.54) is 12.6 Å². The third-order valence-electron chi connectivity index (χ3n) is 3.80. The number of hydrogen-bond acceptors (Lipinski definition) is 3. The standard InChI is InChI=1S/C13H19FN2O/c1-15-12(8-13(17-2)5-3-6-13)10-4-7-16-9-11(10)14/h4,7,9,12,15H,3,5-6,8H2,1-2H3. The summed E-state index contributed by atoms with van der Waals surface area (Å²) in [7, 11) is 3.60. The summed E-state index contributed by atoms with van der Waals surface area (Å²) >= 11 is 0. The number of rotatable bonds is 5. The van der Waals surface area contributed by atoms with Crippen LogP contribution in [0.4, 0.5) is 4.39 Å². The number of methoxy groups -OCH3 is 1. The predicted octanol–water partition coefficient (Wildman–Crippen LogP) is 2.44. The molecule has 1 atom stereocenters. The minimum absolute atomic E-state index is 0.0155. The van der Waals surface area contributed by atoms with Gasteiger partial charge in [-0.25, -0.2) is 4.39 Å². The quantitative estimate of drug-likeness (QED) is 0.855. The van der Waals surface area contributed by atoms with E-state index < -0.39 is 0 Å². The Hall–Kier alpha value is -1.00. The van der Waals surface area contributed by atoms with Crippen molar-refractivity contribution >= 4 is 0 Å². The molecule has 0 aliphatic heterocycles. The largest absolute Gasteiger partial charge is 0.378 e. The van der Waals surface area contributed by atoms with Crippen molar-refractivity contribution in [2.75, 3.05) is 14.2 Å². The molecule has 94 valence electrons. The molecule has 4 heteroatoms. The predicted molar refractivity (Wildman–Crippen MR) is 64.2 cm³/mol. The monoisotopic (exact) mass is 238 g/mol. The van der Waals surface area contributed by atoms with E-state index in [4.69, 9.17) is 4.74 Å². The first kappa shape index (κ1) is 12.5. The minimum Gasteiger partial charge on any atom is -0.378 e. The van der Waals surface area contributed by atoms with Gasteiger partial charge >= 0.3 is 0 Å². The molecule has 1 aromatic rings. The van der Waals surface area contributed by atoms with Crippen molar-refractivity contribution in [3.63, 3.8) is 0 Å². The van der Waals surface area contributed by atoms with Gasteiger partial charge in [-0.1, -0.05) is 0 Å². The summed E-state index contributed by atoms with van der Waals surface area (Å²) in [6, 6.07) is 1.72. The van der Waals surface area contributed by atoms with Gasteiger partial charge in [-0.2, -0.15) is 0 Å². The van der Waals surface area contributed by atoms with E-state index >= 15 is 0 Å². The molecular weight excluding hydrogens is 219 g/mol. The van der Waals surface area contributed by atoms with Crippen LogP contribution in [0.25, 0.3) is 0 Å². The van der Waals surface area contributed by atoms with Crippen molar-refractivity contribution in [1.82, 2.24) is 10.3 Å². The molecule has 1 unspecified atom stereocenters. The first-order valence-corrected chi connectivity index (χ1v) is 6.02. The second kappa shape index (κ2) is 5.10. The van der Waals surface area contributed by atoms with E-state index in [1.54, 1.807) is 19.4 Å². The highest BCUT2D eigenvalue weighted by Crippen LogP contribution is 2.41. The summed E-state index contributed by atoms with van der Waals surface area (Å²) in [6.07, 6.45) is 7.02. The first-order chi connectivity index (χ1) is 8.21. The van der Waals surface area contributed by atoms with Gasteiger partial charge in [0.05, 0.1) is 11.8 Å². The molecule has 2 rings (SSSR count). The van der Waals surface area contributed by atoms with Crippen LogP contribution >= 0.6 is 0 Å². The molecule has 3 nitrogen and oxygen atoms in total. The van der Waals surface area contributed by atoms with Gasteiger partial charge in [-0.3, -0.25) is 4.98 Å². The molecule has 1 fully saturated rings. The number of halogens is 1. The van der Waals surface area contributed by atoms with Gasteiger partial charge in [0.15, 0.2) is 0 Å². The summed E-state index contributed by atoms with van der Waals surface area (Å²) in [5.41, 5.74) is 0.606. The zero-order valence-electron chi connectivity index (χ0n) is 10.4. The Morgan fingerprint density at radius 3 is 2.82 bits per heavy atom. The third-order valence-corrected chi connectivity index (χ3v) is 3.80. The lowest BCUT2D eigenvalue weighted by atomic mass is 9.74. The molecule has 0 amide bonds. The van der Waals surface area contributed by atoms with Crippen LogP contribution in [0, 0.1) is 5.82 Å². The van der Waals surface area contributed by atoms with Crippen molar-refractivity contribution in [2.45, 2.75) is 37.3 Å². The third kappa shape index (κ3) is 2.48. The zero-order valence-corrected chi connectivity index (χ0v) is 10.4. The van der Waals surface area contributed by atoms with Gasteiger partial charge in [-0.15, -0.1) is 0 Å². The fourth-order valence-corrected chi connectivity index (χ4v) is 2.47. The Morgan fingerprint density at radius 2 is 2.35 bits per heavy atom. The highest BCUT2D eigenvalue weighted by Gasteiger charge is 2.39. The second-order valence-electron chi connectivity index (χ2n) is 4.68. The maximum absolute atomic E-state index is 13.7. The molecular formula is C13H19FN2O. The lowest BCUT2D eigenvalue weighted by Gasteiger charge is -2.42. The second-order valence-corrected chi connectivity index (χ2v) is 4.68. The topological polar surface area (TPSA) is 34.1 Å². The van der Waals surface area contributed by atoms with Crippen LogP contribution in [0.15, 0.2) is 18.5 Å². The van der Waals surface area contributed by atoms with E-state index in [2.05, 4.69) is 10.3 Å². The van der Waals surface area contributed by atoms with Crippen molar-refractivity contribution in [2.24, 2.45) is 0 Å². The lowest BCUT2D eigenvalue weighted by Crippen LogP contribution is -2.42. The number of nitrogens with zero attached hydrogens (tertiary/aromatic N) is 1. The van der Waals surface area contributed by atoms with Crippen LogP contribution in [0.2, 0.25) is 0 Å². The average molecular weight is 238 g/mol. The molecule has 1 aliphatic rings. The molecule has 1 N–H and O–H groups in total. The molecule has 0 bridgehead atoms. The molecule has 1 heterocycles. The Balaban J connectivity index is 2.14. The SMILES string of the molecule is CNC(CC1(OC)CCC1)c1ccncc1F. The maximum atomic E-state index is 13.7. The highest BCUT2D eigenvalue weighted by molar-refractivity contribution is 5.18. The van der Waals surface area contributed by atoms with E-state index in [0.717, 1.165) is 19.3 Å². The van der Waals surface area contributed by atoms with Crippen LogP contribution in [0.1, 0.15) is 37.3 Å². The minimum atomic E-state index is -0.252. The molecule has 17 heavy (non-hydrogen) atoms. The van der Waals surface area contributed by atoms with Crippen LogP contribution in [0.3, 0.4) is 0 Å². The summed E-state index contributed by atoms with van der Waals surface area (Å²) in [5, 5.41) is 3.17.